The number of aromatic amines is 2. The molecule has 4 aromatic rings. The third-order valence-corrected chi connectivity index (χ3v) is 6.32. The number of imidazole rings is 1. The fourth-order valence-electron chi connectivity index (χ4n) is 4.31. The number of H-pyrrole nitrogens is 2. The minimum Gasteiger partial charge on any atom is -0.381 e. The van der Waals surface area contributed by atoms with Gasteiger partial charge in [-0.05, 0) is 43.7 Å². The van der Waals surface area contributed by atoms with Crippen LogP contribution in [0.25, 0.3) is 33.3 Å². The van der Waals surface area contributed by atoms with Crippen LogP contribution in [0.2, 0.25) is 5.02 Å². The van der Waals surface area contributed by atoms with Gasteiger partial charge in [-0.2, -0.15) is 0 Å². The Kier molecular flexibility index (Phi) is 4.64. The minimum atomic E-state index is -0.110. The zero-order valence-corrected chi connectivity index (χ0v) is 16.9. The molecule has 29 heavy (non-hydrogen) atoms. The molecule has 8 heteroatoms. The smallest absolute Gasteiger partial charge is 0.327 e. The molecule has 1 fully saturated rings. The normalized spacial score (nSPS) is 19.9. The molecule has 0 spiro atoms. The molecule has 0 amide bonds. The molecule has 5 rings (SSSR count). The molecule has 4 aromatic heterocycles. The summed E-state index contributed by atoms with van der Waals surface area (Å²) in [5, 5.41) is 1.50. The van der Waals surface area contributed by atoms with Gasteiger partial charge in [-0.3, -0.25) is 9.55 Å². The van der Waals surface area contributed by atoms with Gasteiger partial charge in [-0.25, -0.2) is 14.8 Å². The Balaban J connectivity index is 1.50. The number of rotatable bonds is 4. The van der Waals surface area contributed by atoms with Gasteiger partial charge in [0.1, 0.15) is 5.65 Å². The molecule has 4 heterocycles. The third kappa shape index (κ3) is 3.34. The summed E-state index contributed by atoms with van der Waals surface area (Å²) in [6.07, 6.45) is 9.85. The lowest BCUT2D eigenvalue weighted by atomic mass is 9.87. The summed E-state index contributed by atoms with van der Waals surface area (Å²) in [4.78, 5) is 27.4. The number of nitrogens with zero attached hydrogens (tertiary/aromatic N) is 3. The maximum Gasteiger partial charge on any atom is 0.327 e. The molecule has 0 bridgehead atoms. The first kappa shape index (κ1) is 18.4. The predicted octanol–water partition coefficient (Wildman–Crippen LogP) is 4.13. The van der Waals surface area contributed by atoms with Crippen molar-refractivity contribution in [3.05, 3.63) is 46.2 Å². The van der Waals surface area contributed by atoms with Crippen LogP contribution in [0.1, 0.15) is 25.7 Å². The van der Waals surface area contributed by atoms with Gasteiger partial charge in [-0.15, -0.1) is 0 Å². The van der Waals surface area contributed by atoms with E-state index in [1.807, 2.05) is 16.7 Å². The lowest BCUT2D eigenvalue weighted by molar-refractivity contribution is 0.0542. The second-order valence-corrected chi connectivity index (χ2v) is 8.17. The number of methoxy groups -OCH3 is 1. The summed E-state index contributed by atoms with van der Waals surface area (Å²) in [7, 11) is 1.77. The zero-order valence-electron chi connectivity index (χ0n) is 16.1. The van der Waals surface area contributed by atoms with E-state index in [-0.39, 0.29) is 5.69 Å². The molecular formula is C21H22ClN5O2. The highest BCUT2D eigenvalue weighted by Gasteiger charge is 2.22. The molecule has 2 N–H and O–H groups in total. The molecule has 0 saturated heterocycles. The molecule has 150 valence electrons. The minimum absolute atomic E-state index is 0.110. The fourth-order valence-corrected chi connectivity index (χ4v) is 4.51. The topological polar surface area (TPSA) is 88.6 Å². The Labute approximate surface area is 172 Å². The van der Waals surface area contributed by atoms with E-state index < -0.39 is 0 Å². The van der Waals surface area contributed by atoms with Crippen molar-refractivity contribution in [2.75, 3.05) is 7.11 Å². The van der Waals surface area contributed by atoms with Gasteiger partial charge in [-0.1, -0.05) is 11.6 Å². The van der Waals surface area contributed by atoms with Crippen LogP contribution in [0, 0.1) is 5.92 Å². The Hall–Kier alpha value is -2.64. The summed E-state index contributed by atoms with van der Waals surface area (Å²) in [5.74, 6) is 0.471. The molecule has 1 aliphatic rings. The number of pyridine rings is 2. The Morgan fingerprint density at radius 1 is 1.14 bits per heavy atom. The molecule has 7 nitrogen and oxygen atoms in total. The van der Waals surface area contributed by atoms with E-state index in [0.717, 1.165) is 53.4 Å². The number of hydrogen-bond acceptors (Lipinski definition) is 4. The molecule has 1 aliphatic carbocycles. The van der Waals surface area contributed by atoms with E-state index in [1.54, 1.807) is 25.7 Å². The van der Waals surface area contributed by atoms with E-state index in [1.165, 1.54) is 0 Å². The maximum atomic E-state index is 12.6. The average molecular weight is 412 g/mol. The quantitative estimate of drug-likeness (QED) is 0.528. The zero-order chi connectivity index (χ0) is 20.0. The van der Waals surface area contributed by atoms with Crippen molar-refractivity contribution in [3.63, 3.8) is 0 Å². The lowest BCUT2D eigenvalue weighted by Crippen LogP contribution is -2.27. The first-order chi connectivity index (χ1) is 14.1. The van der Waals surface area contributed by atoms with Crippen molar-refractivity contribution in [2.45, 2.75) is 38.3 Å². The Morgan fingerprint density at radius 2 is 1.86 bits per heavy atom. The van der Waals surface area contributed by atoms with Crippen molar-refractivity contribution in [1.82, 2.24) is 24.5 Å². The van der Waals surface area contributed by atoms with Crippen molar-refractivity contribution < 1.29 is 4.74 Å². The Bertz CT molecular complexity index is 1230. The number of nitrogens with one attached hydrogen (secondary N) is 2. The second-order valence-electron chi connectivity index (χ2n) is 7.77. The maximum absolute atomic E-state index is 12.6. The van der Waals surface area contributed by atoms with Gasteiger partial charge in [0.2, 0.25) is 0 Å². The highest BCUT2D eigenvalue weighted by molar-refractivity contribution is 6.35. The van der Waals surface area contributed by atoms with Crippen molar-refractivity contribution in [1.29, 1.82) is 0 Å². The molecule has 0 unspecified atom stereocenters. The van der Waals surface area contributed by atoms with Crippen LogP contribution >= 0.6 is 11.6 Å². The number of hydrogen-bond donors (Lipinski definition) is 2. The number of aromatic nitrogens is 5. The first-order valence-electron chi connectivity index (χ1n) is 9.86. The predicted molar refractivity (Wildman–Crippen MR) is 113 cm³/mol. The van der Waals surface area contributed by atoms with Crippen LogP contribution in [0.5, 0.6) is 0 Å². The average Bonchev–Trinajstić information content (AvgIpc) is 3.27. The largest absolute Gasteiger partial charge is 0.381 e. The number of ether oxygens (including phenoxy) is 1. The molecule has 0 aliphatic heterocycles. The second kappa shape index (κ2) is 7.31. The molecule has 0 atom stereocenters. The van der Waals surface area contributed by atoms with Crippen molar-refractivity contribution in [2.24, 2.45) is 5.92 Å². The van der Waals surface area contributed by atoms with Gasteiger partial charge in [0.05, 0.1) is 16.6 Å². The van der Waals surface area contributed by atoms with E-state index >= 15 is 0 Å². The third-order valence-electron chi connectivity index (χ3n) is 6.01. The molecule has 0 aromatic carbocycles. The molecule has 0 radical (unpaired) electrons. The number of fused-ring (bicyclic) bond motifs is 2. The summed E-state index contributed by atoms with van der Waals surface area (Å²) in [6.45, 7) is 0.696. The molecule has 1 saturated carbocycles. The van der Waals surface area contributed by atoms with E-state index in [4.69, 9.17) is 16.3 Å². The standard InChI is InChI=1S/C21H22ClN5O2/c1-29-15-4-2-12(3-5-15)11-27-18-7-14(9-24-20(18)26-21(27)28)13-6-16-17(22)10-25-19(16)23-8-13/h6-10,12,15H,2-5,11H2,1H3,(H,23,25)(H,24,26,28). The van der Waals surface area contributed by atoms with E-state index in [0.29, 0.717) is 29.2 Å². The highest BCUT2D eigenvalue weighted by Crippen LogP contribution is 2.30. The summed E-state index contributed by atoms with van der Waals surface area (Å²) in [6, 6.07) is 4.00. The Morgan fingerprint density at radius 3 is 2.62 bits per heavy atom. The van der Waals surface area contributed by atoms with E-state index in [9.17, 15) is 4.79 Å². The van der Waals surface area contributed by atoms with Crippen LogP contribution < -0.4 is 5.69 Å². The van der Waals surface area contributed by atoms with Crippen LogP contribution in [0.3, 0.4) is 0 Å². The summed E-state index contributed by atoms with van der Waals surface area (Å²) in [5.41, 5.74) is 3.88. The van der Waals surface area contributed by atoms with Gasteiger partial charge in [0, 0.05) is 48.8 Å². The summed E-state index contributed by atoms with van der Waals surface area (Å²) < 4.78 is 7.28. The van der Waals surface area contributed by atoms with Crippen molar-refractivity contribution >= 4 is 33.8 Å². The van der Waals surface area contributed by atoms with Crippen molar-refractivity contribution in [3.8, 4) is 11.1 Å². The van der Waals surface area contributed by atoms with Crippen LogP contribution in [0.15, 0.2) is 35.5 Å². The van der Waals surface area contributed by atoms with Crippen LogP contribution in [0.4, 0.5) is 0 Å². The lowest BCUT2D eigenvalue weighted by Gasteiger charge is -2.27. The van der Waals surface area contributed by atoms with E-state index in [2.05, 4.69) is 19.9 Å². The first-order valence-corrected chi connectivity index (χ1v) is 10.2. The van der Waals surface area contributed by atoms with Gasteiger partial charge in [0.25, 0.3) is 0 Å². The van der Waals surface area contributed by atoms with Crippen LogP contribution in [-0.2, 0) is 11.3 Å². The summed E-state index contributed by atoms with van der Waals surface area (Å²) >= 11 is 6.24. The van der Waals surface area contributed by atoms with Gasteiger partial charge >= 0.3 is 5.69 Å². The fraction of sp³-hybridized carbons (Fsp3) is 0.381. The van der Waals surface area contributed by atoms with Gasteiger partial charge < -0.3 is 9.72 Å². The monoisotopic (exact) mass is 411 g/mol. The van der Waals surface area contributed by atoms with Gasteiger partial charge in [0.15, 0.2) is 5.65 Å². The SMILES string of the molecule is COC1CCC(Cn2c(=O)[nH]c3ncc(-c4cnc5[nH]cc(Cl)c5c4)cc32)CC1. The number of halogens is 1. The highest BCUT2D eigenvalue weighted by atomic mass is 35.5. The van der Waals surface area contributed by atoms with Crippen LogP contribution in [-0.4, -0.2) is 37.7 Å². The molecular weight excluding hydrogens is 390 g/mol.